The Morgan fingerprint density at radius 3 is 2.57 bits per heavy atom. The Morgan fingerprint density at radius 2 is 1.96 bits per heavy atom. The number of hydrogen-bond acceptors (Lipinski definition) is 7. The molecule has 1 aliphatic rings. The summed E-state index contributed by atoms with van der Waals surface area (Å²) in [4.78, 5) is 2.34. The summed E-state index contributed by atoms with van der Waals surface area (Å²) >= 11 is 6.87. The third-order valence-electron chi connectivity index (χ3n) is 3.95. The minimum Gasteiger partial charge on any atom is -0.493 e. The molecule has 0 saturated carbocycles. The molecule has 1 aromatic heterocycles. The summed E-state index contributed by atoms with van der Waals surface area (Å²) in [6.07, 6.45) is 0.978. The van der Waals surface area contributed by atoms with Crippen molar-refractivity contribution in [3.63, 3.8) is 0 Å². The summed E-state index contributed by atoms with van der Waals surface area (Å²) in [6, 6.07) is 4.15. The number of aromatic nitrogens is 2. The fourth-order valence-electron chi connectivity index (χ4n) is 2.75. The summed E-state index contributed by atoms with van der Waals surface area (Å²) < 4.78 is 13.4. The van der Waals surface area contributed by atoms with E-state index in [1.165, 1.54) is 22.5 Å². The monoisotopic (exact) mass is 352 g/mol. The molecule has 0 unspecified atom stereocenters. The zero-order valence-corrected chi connectivity index (χ0v) is 15.1. The first-order valence-electron chi connectivity index (χ1n) is 7.36. The van der Waals surface area contributed by atoms with Gasteiger partial charge in [0.15, 0.2) is 15.5 Å². The smallest absolute Gasteiger partial charge is 0.204 e. The van der Waals surface area contributed by atoms with Crippen LogP contribution in [0.5, 0.6) is 11.5 Å². The third kappa shape index (κ3) is 3.34. The molecule has 0 amide bonds. The first-order chi connectivity index (χ1) is 11.1. The van der Waals surface area contributed by atoms with E-state index >= 15 is 0 Å². The highest BCUT2D eigenvalue weighted by Crippen LogP contribution is 2.33. The number of methoxy groups -OCH3 is 2. The van der Waals surface area contributed by atoms with Crippen LogP contribution in [0.4, 0.5) is 5.13 Å². The zero-order chi connectivity index (χ0) is 16.4. The van der Waals surface area contributed by atoms with Crippen molar-refractivity contribution in [1.82, 2.24) is 14.7 Å². The first-order valence-corrected chi connectivity index (χ1v) is 8.59. The van der Waals surface area contributed by atoms with E-state index in [1.807, 2.05) is 11.7 Å². The van der Waals surface area contributed by atoms with Crippen molar-refractivity contribution in [1.29, 1.82) is 0 Å². The third-order valence-corrected chi connectivity index (χ3v) is 5.28. The van der Waals surface area contributed by atoms with E-state index in [2.05, 4.69) is 27.4 Å². The normalized spacial score (nSPS) is 14.4. The average molecular weight is 352 g/mol. The molecule has 3 rings (SSSR count). The van der Waals surface area contributed by atoms with Gasteiger partial charge >= 0.3 is 0 Å². The summed E-state index contributed by atoms with van der Waals surface area (Å²) in [7, 11) is 5.19. The number of ether oxygens (including phenoxy) is 2. The van der Waals surface area contributed by atoms with Gasteiger partial charge in [-0.05, 0) is 41.9 Å². The molecule has 8 heteroatoms. The van der Waals surface area contributed by atoms with Gasteiger partial charge in [-0.2, -0.15) is 0 Å². The lowest BCUT2D eigenvalue weighted by Crippen LogP contribution is -2.32. The fourth-order valence-corrected chi connectivity index (χ4v) is 3.69. The van der Waals surface area contributed by atoms with E-state index < -0.39 is 0 Å². The van der Waals surface area contributed by atoms with Crippen molar-refractivity contribution in [2.45, 2.75) is 19.6 Å². The lowest BCUT2D eigenvalue weighted by molar-refractivity contribution is 0.188. The van der Waals surface area contributed by atoms with Crippen molar-refractivity contribution < 1.29 is 9.47 Å². The number of fused-ring (bicyclic) bond motifs is 1. The van der Waals surface area contributed by atoms with Crippen LogP contribution in [0.3, 0.4) is 0 Å². The molecule has 0 saturated heterocycles. The van der Waals surface area contributed by atoms with E-state index in [0.29, 0.717) is 6.67 Å². The van der Waals surface area contributed by atoms with Crippen LogP contribution in [0, 0.1) is 3.95 Å². The van der Waals surface area contributed by atoms with E-state index in [-0.39, 0.29) is 0 Å². The Balaban J connectivity index is 1.79. The number of nitrogens with one attached hydrogen (secondary N) is 1. The fraction of sp³-hybridized carbons (Fsp3) is 0.467. The Hall–Kier alpha value is -1.64. The van der Waals surface area contributed by atoms with Crippen molar-refractivity contribution in [3.8, 4) is 11.5 Å². The molecule has 0 bridgehead atoms. The summed E-state index contributed by atoms with van der Waals surface area (Å²) in [5.41, 5.74) is 2.58. The van der Waals surface area contributed by atoms with Crippen LogP contribution in [0.25, 0.3) is 0 Å². The molecule has 0 radical (unpaired) electrons. The number of benzene rings is 1. The van der Waals surface area contributed by atoms with E-state index in [9.17, 15) is 0 Å². The highest BCUT2D eigenvalue weighted by atomic mass is 32.1. The highest BCUT2D eigenvalue weighted by molar-refractivity contribution is 7.73. The van der Waals surface area contributed by atoms with Gasteiger partial charge in [0.2, 0.25) is 5.13 Å². The summed E-state index contributed by atoms with van der Waals surface area (Å²) in [5, 5.41) is 8.36. The van der Waals surface area contributed by atoms with Crippen LogP contribution in [0.1, 0.15) is 11.1 Å². The second kappa shape index (κ2) is 6.86. The molecule has 6 nitrogen and oxygen atoms in total. The van der Waals surface area contributed by atoms with Gasteiger partial charge in [0.25, 0.3) is 0 Å². The quantitative estimate of drug-likeness (QED) is 0.835. The van der Waals surface area contributed by atoms with Crippen LogP contribution in [-0.2, 0) is 19.6 Å². The predicted molar refractivity (Wildman–Crippen MR) is 94.1 cm³/mol. The maximum Gasteiger partial charge on any atom is 0.204 e. The highest BCUT2D eigenvalue weighted by Gasteiger charge is 2.20. The maximum atomic E-state index is 5.41. The molecule has 124 valence electrons. The minimum absolute atomic E-state index is 0.699. The lowest BCUT2D eigenvalue weighted by atomic mass is 9.99. The Kier molecular flexibility index (Phi) is 4.84. The van der Waals surface area contributed by atoms with Crippen LogP contribution in [0.2, 0.25) is 0 Å². The van der Waals surface area contributed by atoms with Gasteiger partial charge in [0.05, 0.1) is 20.9 Å². The van der Waals surface area contributed by atoms with Crippen LogP contribution in [-0.4, -0.2) is 42.5 Å². The first kappa shape index (κ1) is 16.2. The van der Waals surface area contributed by atoms with Gasteiger partial charge in [-0.1, -0.05) is 11.3 Å². The van der Waals surface area contributed by atoms with Gasteiger partial charge in [0, 0.05) is 20.1 Å². The molecule has 1 N–H and O–H groups in total. The standard InChI is InChI=1S/C15H20N4O2S2/c1-16-14-17-19(15(22)23-14)9-18-5-4-10-6-12(20-2)13(21-3)7-11(10)8-18/h6-7H,4-5,8-9H2,1-3H3,(H,16,17). The van der Waals surface area contributed by atoms with Crippen LogP contribution >= 0.6 is 23.6 Å². The Morgan fingerprint density at radius 1 is 1.26 bits per heavy atom. The maximum absolute atomic E-state index is 5.41. The topological polar surface area (TPSA) is 51.6 Å². The van der Waals surface area contributed by atoms with Crippen LogP contribution < -0.4 is 14.8 Å². The van der Waals surface area contributed by atoms with E-state index in [1.54, 1.807) is 14.2 Å². The van der Waals surface area contributed by atoms with Gasteiger partial charge in [-0.3, -0.25) is 4.90 Å². The molecule has 1 aromatic carbocycles. The van der Waals surface area contributed by atoms with Crippen LogP contribution in [0.15, 0.2) is 12.1 Å². The Bertz CT molecular complexity index is 756. The zero-order valence-electron chi connectivity index (χ0n) is 13.5. The van der Waals surface area contributed by atoms with E-state index in [0.717, 1.165) is 40.1 Å². The molecule has 0 aliphatic carbocycles. The second-order valence-electron chi connectivity index (χ2n) is 5.34. The minimum atomic E-state index is 0.699. The number of rotatable bonds is 5. The molecular weight excluding hydrogens is 332 g/mol. The molecule has 2 aromatic rings. The second-order valence-corrected chi connectivity index (χ2v) is 6.97. The molecule has 1 aliphatic heterocycles. The summed E-state index contributed by atoms with van der Waals surface area (Å²) in [6.45, 7) is 2.52. The molecular formula is C15H20N4O2S2. The molecule has 2 heterocycles. The van der Waals surface area contributed by atoms with Gasteiger partial charge < -0.3 is 14.8 Å². The Labute approximate surface area is 144 Å². The van der Waals surface area contributed by atoms with E-state index in [4.69, 9.17) is 21.7 Å². The van der Waals surface area contributed by atoms with Crippen molar-refractivity contribution in [2.75, 3.05) is 33.1 Å². The number of hydrogen-bond donors (Lipinski definition) is 1. The molecule has 0 atom stereocenters. The molecule has 0 fully saturated rings. The van der Waals surface area contributed by atoms with Gasteiger partial charge in [-0.15, -0.1) is 5.10 Å². The lowest BCUT2D eigenvalue weighted by Gasteiger charge is -2.29. The number of anilines is 1. The predicted octanol–water partition coefficient (Wildman–Crippen LogP) is 2.75. The van der Waals surface area contributed by atoms with Gasteiger partial charge in [0.1, 0.15) is 0 Å². The molecule has 0 spiro atoms. The number of nitrogens with zero attached hydrogens (tertiary/aromatic N) is 3. The SMILES string of the molecule is CNc1nn(CN2CCc3cc(OC)c(OC)cc3C2)c(=S)s1. The largest absolute Gasteiger partial charge is 0.493 e. The molecule has 23 heavy (non-hydrogen) atoms. The van der Waals surface area contributed by atoms with Crippen molar-refractivity contribution in [3.05, 3.63) is 27.2 Å². The van der Waals surface area contributed by atoms with Gasteiger partial charge in [-0.25, -0.2) is 4.68 Å². The van der Waals surface area contributed by atoms with Crippen molar-refractivity contribution >= 4 is 28.7 Å². The van der Waals surface area contributed by atoms with Crippen molar-refractivity contribution in [2.24, 2.45) is 0 Å². The average Bonchev–Trinajstić information content (AvgIpc) is 2.93. The summed E-state index contributed by atoms with van der Waals surface area (Å²) in [5.74, 6) is 1.57.